The minimum atomic E-state index is -1.45. The molecule has 27 heavy (non-hydrogen) atoms. The largest absolute Gasteiger partial charge is 1.00 e. The van der Waals surface area contributed by atoms with Crippen LogP contribution < -0.4 is 17.0 Å². The van der Waals surface area contributed by atoms with Gasteiger partial charge in [-0.15, -0.1) is 0 Å². The van der Waals surface area contributed by atoms with Crippen LogP contribution in [0.1, 0.15) is 97.3 Å². The number of quaternary nitrogens is 1. The molecule has 0 aromatic heterocycles. The van der Waals surface area contributed by atoms with Crippen molar-refractivity contribution in [2.24, 2.45) is 0 Å². The van der Waals surface area contributed by atoms with E-state index in [0.29, 0.717) is 5.54 Å². The number of nitrogens with zero attached hydrogens (tertiary/aromatic N) is 1. The fourth-order valence-corrected chi connectivity index (χ4v) is 5.29. The van der Waals surface area contributed by atoms with Crippen LogP contribution in [0.25, 0.3) is 0 Å². The maximum Gasteiger partial charge on any atom is 0.324 e. The molecule has 0 aliphatic heterocycles. The molecule has 5 heteroatoms. The lowest BCUT2D eigenvalue weighted by Gasteiger charge is -2.31. The highest BCUT2D eigenvalue weighted by atomic mass is 79.9. The third kappa shape index (κ3) is 18.4. The van der Waals surface area contributed by atoms with Gasteiger partial charge in [0, 0.05) is 26.2 Å². The summed E-state index contributed by atoms with van der Waals surface area (Å²) in [6, 6.07) is 0. The maximum atomic E-state index is 5.51. The third-order valence-electron chi connectivity index (χ3n) is 5.74. The first-order valence-electron chi connectivity index (χ1n) is 11.3. The molecule has 0 bridgehead atoms. The van der Waals surface area contributed by atoms with Crippen molar-refractivity contribution in [3.8, 4) is 0 Å². The molecule has 0 aliphatic carbocycles. The lowest BCUT2D eigenvalue weighted by atomic mass is 10.1. The highest BCUT2D eigenvalue weighted by Crippen LogP contribution is 2.18. The van der Waals surface area contributed by atoms with Gasteiger partial charge < -0.3 is 30.3 Å². The van der Waals surface area contributed by atoms with Crippen molar-refractivity contribution in [3.63, 3.8) is 0 Å². The molecule has 1 unspecified atom stereocenters. The van der Waals surface area contributed by atoms with Gasteiger partial charge in [0.1, 0.15) is 0 Å². The molecular weight excluding hydrogens is 418 g/mol. The zero-order valence-electron chi connectivity index (χ0n) is 19.4. The Morgan fingerprint density at radius 2 is 1.11 bits per heavy atom. The van der Waals surface area contributed by atoms with Gasteiger partial charge in [-0.25, -0.2) is 0 Å². The van der Waals surface area contributed by atoms with Gasteiger partial charge in [0.2, 0.25) is 0 Å². The molecule has 0 N–H and O–H groups in total. The van der Waals surface area contributed by atoms with E-state index in [4.69, 9.17) is 8.85 Å². The van der Waals surface area contributed by atoms with Crippen LogP contribution in [0.2, 0.25) is 5.54 Å². The maximum absolute atomic E-state index is 5.51. The van der Waals surface area contributed by atoms with E-state index < -0.39 is 9.28 Å². The second-order valence-corrected chi connectivity index (χ2v) is 11.7. The zero-order chi connectivity index (χ0) is 19.7. The second kappa shape index (κ2) is 19.9. The number of halogens is 1. The average Bonchev–Trinajstić information content (AvgIpc) is 2.62. The van der Waals surface area contributed by atoms with E-state index in [-0.39, 0.29) is 17.0 Å². The second-order valence-electron chi connectivity index (χ2n) is 8.88. The molecule has 0 radical (unpaired) electrons. The molecule has 0 rings (SSSR count). The fourth-order valence-electron chi connectivity index (χ4n) is 3.74. The molecule has 1 atom stereocenters. The summed E-state index contributed by atoms with van der Waals surface area (Å²) in [6.07, 6.45) is 18.4. The molecule has 0 spiro atoms. The molecule has 0 heterocycles. The summed E-state index contributed by atoms with van der Waals surface area (Å²) in [5.74, 6) is 0. The quantitative estimate of drug-likeness (QED) is 0.165. The highest BCUT2D eigenvalue weighted by molar-refractivity contribution is 6.46. The van der Waals surface area contributed by atoms with Crippen molar-refractivity contribution in [2.75, 3.05) is 41.4 Å². The van der Waals surface area contributed by atoms with Crippen molar-refractivity contribution < 1.29 is 30.3 Å². The minimum Gasteiger partial charge on any atom is -1.00 e. The Balaban J connectivity index is 0. The Morgan fingerprint density at radius 1 is 0.704 bits per heavy atom. The molecule has 0 amide bonds. The molecule has 0 aromatic rings. The topological polar surface area (TPSA) is 18.5 Å². The van der Waals surface area contributed by atoms with Crippen LogP contribution in [-0.2, 0) is 8.85 Å². The summed E-state index contributed by atoms with van der Waals surface area (Å²) in [5, 5.41) is 0. The first-order valence-corrected chi connectivity index (χ1v) is 13.0. The van der Waals surface area contributed by atoms with Crippen molar-refractivity contribution in [1.29, 1.82) is 0 Å². The third-order valence-corrected chi connectivity index (χ3v) is 7.93. The van der Waals surface area contributed by atoms with E-state index in [2.05, 4.69) is 27.9 Å². The van der Waals surface area contributed by atoms with Crippen LogP contribution in [0.4, 0.5) is 0 Å². The lowest BCUT2D eigenvalue weighted by molar-refractivity contribution is -0.890. The van der Waals surface area contributed by atoms with Gasteiger partial charge in [0.05, 0.1) is 27.2 Å². The van der Waals surface area contributed by atoms with E-state index in [1.165, 1.54) is 96.6 Å². The summed E-state index contributed by atoms with van der Waals surface area (Å²) in [4.78, 5) is 0. The SMILES string of the molecule is CCCCCCCCCCCCCC[N+](C)(C)CCC(C)[SiH](OC)OC.[Br-]. The van der Waals surface area contributed by atoms with E-state index in [9.17, 15) is 0 Å². The van der Waals surface area contributed by atoms with E-state index in [1.807, 2.05) is 0 Å². The monoisotopic (exact) mass is 467 g/mol. The Bertz CT molecular complexity index is 302. The molecule has 0 saturated heterocycles. The van der Waals surface area contributed by atoms with Crippen molar-refractivity contribution in [3.05, 3.63) is 0 Å². The number of unbranched alkanes of at least 4 members (excludes halogenated alkanes) is 11. The molecule has 0 fully saturated rings. The van der Waals surface area contributed by atoms with Crippen LogP contribution in [-0.4, -0.2) is 55.2 Å². The molecule has 0 saturated carbocycles. The summed E-state index contributed by atoms with van der Waals surface area (Å²) in [5.41, 5.74) is 0.587. The van der Waals surface area contributed by atoms with Crippen LogP contribution >= 0.6 is 0 Å². The van der Waals surface area contributed by atoms with Gasteiger partial charge in [-0.2, -0.15) is 0 Å². The lowest BCUT2D eigenvalue weighted by Crippen LogP contribution is -3.00. The predicted molar refractivity (Wildman–Crippen MR) is 118 cm³/mol. The van der Waals surface area contributed by atoms with Crippen molar-refractivity contribution >= 4 is 9.28 Å². The van der Waals surface area contributed by atoms with Crippen LogP contribution in [0, 0.1) is 0 Å². The average molecular weight is 469 g/mol. The molecule has 0 aliphatic rings. The fraction of sp³-hybridized carbons (Fsp3) is 1.00. The van der Waals surface area contributed by atoms with E-state index in [0.717, 1.165) is 4.48 Å². The minimum absolute atomic E-state index is 0. The van der Waals surface area contributed by atoms with Crippen molar-refractivity contribution in [2.45, 2.75) is 103 Å². The normalized spacial score (nSPS) is 13.0. The van der Waals surface area contributed by atoms with Gasteiger partial charge in [0.25, 0.3) is 0 Å². The van der Waals surface area contributed by atoms with Crippen LogP contribution in [0.15, 0.2) is 0 Å². The Labute approximate surface area is 183 Å². The van der Waals surface area contributed by atoms with Crippen LogP contribution in [0.5, 0.6) is 0 Å². The number of hydrogen-bond acceptors (Lipinski definition) is 2. The van der Waals surface area contributed by atoms with Gasteiger partial charge in [0.15, 0.2) is 0 Å². The van der Waals surface area contributed by atoms with E-state index in [1.54, 1.807) is 14.2 Å². The summed E-state index contributed by atoms with van der Waals surface area (Å²) in [7, 11) is 6.90. The van der Waals surface area contributed by atoms with Crippen molar-refractivity contribution in [1.82, 2.24) is 0 Å². The Kier molecular flexibility index (Phi) is 21.9. The van der Waals surface area contributed by atoms with Gasteiger partial charge in [-0.1, -0.05) is 78.1 Å². The number of hydrogen-bond donors (Lipinski definition) is 0. The highest BCUT2D eigenvalue weighted by Gasteiger charge is 2.23. The zero-order valence-corrected chi connectivity index (χ0v) is 22.1. The first kappa shape index (κ1) is 29.8. The molecule has 3 nitrogen and oxygen atoms in total. The smallest absolute Gasteiger partial charge is 0.324 e. The van der Waals surface area contributed by atoms with Gasteiger partial charge in [-0.05, 0) is 12.8 Å². The summed E-state index contributed by atoms with van der Waals surface area (Å²) < 4.78 is 12.2. The van der Waals surface area contributed by atoms with Crippen LogP contribution in [0.3, 0.4) is 0 Å². The summed E-state index contributed by atoms with van der Waals surface area (Å²) in [6.45, 7) is 7.11. The molecule has 166 valence electrons. The predicted octanol–water partition coefficient (Wildman–Crippen LogP) is 3.06. The first-order chi connectivity index (χ1) is 12.5. The summed E-state index contributed by atoms with van der Waals surface area (Å²) >= 11 is 0. The number of rotatable bonds is 19. The molecule has 0 aromatic carbocycles. The standard InChI is InChI=1S/C22H50NO2Si.BrH/c1-7-8-9-10-11-12-13-14-15-16-17-18-20-23(3,4)21-19-22(2)26(24-5)25-6;/h22,26H,7-21H2,1-6H3;1H/q+1;/p-1. The Hall–Kier alpha value is 0.577. The van der Waals surface area contributed by atoms with E-state index >= 15 is 0 Å². The van der Waals surface area contributed by atoms with Gasteiger partial charge in [-0.3, -0.25) is 0 Å². The molecular formula is C22H50BrNO2Si. The van der Waals surface area contributed by atoms with Gasteiger partial charge >= 0.3 is 9.28 Å². The Morgan fingerprint density at radius 3 is 1.52 bits per heavy atom.